The Balaban J connectivity index is 1.68. The lowest BCUT2D eigenvalue weighted by atomic mass is 10.0. The van der Waals surface area contributed by atoms with Gasteiger partial charge in [-0.15, -0.1) is 11.8 Å². The highest BCUT2D eigenvalue weighted by Gasteiger charge is 2.51. The minimum atomic E-state index is -0.530. The fraction of sp³-hybridized carbons (Fsp3) is 0.375. The van der Waals surface area contributed by atoms with Gasteiger partial charge in [-0.25, -0.2) is 4.79 Å². The molecule has 1 aromatic carbocycles. The zero-order chi connectivity index (χ0) is 16.6. The highest BCUT2D eigenvalue weighted by molar-refractivity contribution is 8.00. The predicted octanol–water partition coefficient (Wildman–Crippen LogP) is 1.25. The van der Waals surface area contributed by atoms with Gasteiger partial charge in [-0.2, -0.15) is 0 Å². The van der Waals surface area contributed by atoms with E-state index in [-0.39, 0.29) is 17.9 Å². The first kappa shape index (κ1) is 15.9. The summed E-state index contributed by atoms with van der Waals surface area (Å²) in [6.45, 7) is 1.98. The van der Waals surface area contributed by atoms with Crippen molar-refractivity contribution in [3.8, 4) is 5.75 Å². The van der Waals surface area contributed by atoms with Crippen molar-refractivity contribution in [1.29, 1.82) is 0 Å². The summed E-state index contributed by atoms with van der Waals surface area (Å²) in [5.41, 5.74) is 7.81. The number of nitrogens with two attached hydrogens (primary N) is 1. The normalized spacial score (nSPS) is 23.3. The first-order chi connectivity index (χ1) is 11.0. The van der Waals surface area contributed by atoms with Crippen molar-refractivity contribution in [2.45, 2.75) is 24.9 Å². The second kappa shape index (κ2) is 6.25. The smallest absolute Gasteiger partial charge is 0.355 e. The van der Waals surface area contributed by atoms with Gasteiger partial charge in [0.2, 0.25) is 5.91 Å². The van der Waals surface area contributed by atoms with Crippen LogP contribution in [0.25, 0.3) is 0 Å². The molecule has 2 heterocycles. The molecule has 1 fully saturated rings. The van der Waals surface area contributed by atoms with Crippen molar-refractivity contribution >= 4 is 23.6 Å². The number of carbonyl (C=O) groups is 2. The highest BCUT2D eigenvalue weighted by Crippen LogP contribution is 2.39. The van der Waals surface area contributed by atoms with Gasteiger partial charge in [0.15, 0.2) is 0 Å². The summed E-state index contributed by atoms with van der Waals surface area (Å²) in [6.07, 6.45) is 0. The van der Waals surface area contributed by atoms with Crippen LogP contribution in [0.2, 0.25) is 0 Å². The van der Waals surface area contributed by atoms with Crippen LogP contribution in [0.15, 0.2) is 35.5 Å². The topological polar surface area (TPSA) is 81.9 Å². The minimum Gasteiger partial charge on any atom is -0.497 e. The molecule has 2 aliphatic heterocycles. The van der Waals surface area contributed by atoms with Crippen molar-refractivity contribution < 1.29 is 19.1 Å². The third-order valence-corrected chi connectivity index (χ3v) is 5.37. The standard InChI is InChI=1S/C16H18N2O4S/c1-9-8-23-15-12(17)14(19)18(15)13(9)16(20)22-7-10-3-5-11(21-2)6-4-10/h3-6,12,15H,7-8,17H2,1-2H3/t12-,15-/m1/s1. The van der Waals surface area contributed by atoms with Crippen LogP contribution in [-0.2, 0) is 20.9 Å². The molecule has 1 aromatic rings. The molecule has 6 nitrogen and oxygen atoms in total. The van der Waals surface area contributed by atoms with Crippen LogP contribution in [0.5, 0.6) is 5.75 Å². The van der Waals surface area contributed by atoms with Gasteiger partial charge < -0.3 is 15.2 Å². The lowest BCUT2D eigenvalue weighted by molar-refractivity contribution is -0.151. The molecule has 0 aromatic heterocycles. The Labute approximate surface area is 138 Å². The Morgan fingerprint density at radius 2 is 2.09 bits per heavy atom. The Morgan fingerprint density at radius 3 is 2.74 bits per heavy atom. The fourth-order valence-electron chi connectivity index (χ4n) is 2.60. The number of β-lactam (4-membered cyclic amide) rings is 1. The van der Waals surface area contributed by atoms with Crippen LogP contribution < -0.4 is 10.5 Å². The van der Waals surface area contributed by atoms with E-state index in [9.17, 15) is 9.59 Å². The molecule has 0 spiro atoms. The number of rotatable bonds is 4. The minimum absolute atomic E-state index is 0.144. The number of hydrogen-bond acceptors (Lipinski definition) is 6. The fourth-order valence-corrected chi connectivity index (χ4v) is 3.84. The van der Waals surface area contributed by atoms with Gasteiger partial charge in [0.05, 0.1) is 7.11 Å². The first-order valence-electron chi connectivity index (χ1n) is 7.23. The van der Waals surface area contributed by atoms with Gasteiger partial charge >= 0.3 is 5.97 Å². The quantitative estimate of drug-likeness (QED) is 0.659. The van der Waals surface area contributed by atoms with E-state index in [1.165, 1.54) is 4.90 Å². The van der Waals surface area contributed by atoms with Crippen molar-refractivity contribution in [1.82, 2.24) is 4.90 Å². The number of thioether (sulfide) groups is 1. The Kier molecular flexibility index (Phi) is 4.32. The predicted molar refractivity (Wildman–Crippen MR) is 86.6 cm³/mol. The highest BCUT2D eigenvalue weighted by atomic mass is 32.2. The van der Waals surface area contributed by atoms with Crippen LogP contribution in [-0.4, -0.2) is 41.1 Å². The summed E-state index contributed by atoms with van der Waals surface area (Å²) in [7, 11) is 1.59. The van der Waals surface area contributed by atoms with Crippen LogP contribution in [0.4, 0.5) is 0 Å². The van der Waals surface area contributed by atoms with Crippen molar-refractivity contribution in [3.05, 3.63) is 41.1 Å². The van der Waals surface area contributed by atoms with Crippen molar-refractivity contribution in [2.24, 2.45) is 5.73 Å². The number of amides is 1. The number of fused-ring (bicyclic) bond motifs is 1. The molecule has 0 radical (unpaired) electrons. The van der Waals surface area contributed by atoms with E-state index in [0.717, 1.165) is 16.9 Å². The summed E-state index contributed by atoms with van der Waals surface area (Å²) < 4.78 is 10.5. The number of methoxy groups -OCH3 is 1. The monoisotopic (exact) mass is 334 g/mol. The maximum Gasteiger partial charge on any atom is 0.355 e. The third kappa shape index (κ3) is 2.82. The van der Waals surface area contributed by atoms with E-state index in [0.29, 0.717) is 11.4 Å². The van der Waals surface area contributed by atoms with Crippen LogP contribution in [0, 0.1) is 0 Å². The van der Waals surface area contributed by atoms with Crippen molar-refractivity contribution in [2.75, 3.05) is 12.9 Å². The Hall–Kier alpha value is -1.99. The third-order valence-electron chi connectivity index (χ3n) is 3.92. The van der Waals surface area contributed by atoms with Crippen LogP contribution >= 0.6 is 11.8 Å². The number of esters is 1. The molecule has 0 unspecified atom stereocenters. The SMILES string of the molecule is COc1ccc(COC(=O)C2=C(C)CS[C@@H]3[C@H](N)C(=O)N23)cc1. The molecular formula is C16H18N2O4S. The maximum absolute atomic E-state index is 12.4. The van der Waals surface area contributed by atoms with Crippen LogP contribution in [0.3, 0.4) is 0 Å². The molecule has 3 rings (SSSR count). The molecule has 0 bridgehead atoms. The molecule has 0 saturated carbocycles. The van der Waals surface area contributed by atoms with Gasteiger partial charge in [0.1, 0.15) is 29.5 Å². The van der Waals surface area contributed by atoms with Crippen molar-refractivity contribution in [3.63, 3.8) is 0 Å². The number of ether oxygens (including phenoxy) is 2. The van der Waals surface area contributed by atoms with E-state index in [4.69, 9.17) is 15.2 Å². The molecule has 23 heavy (non-hydrogen) atoms. The molecule has 1 saturated heterocycles. The lowest BCUT2D eigenvalue weighted by Gasteiger charge is -2.48. The van der Waals surface area contributed by atoms with Gasteiger partial charge in [-0.1, -0.05) is 12.1 Å². The number of carbonyl (C=O) groups excluding carboxylic acids is 2. The molecule has 2 N–H and O–H groups in total. The van der Waals surface area contributed by atoms with Gasteiger partial charge in [0.25, 0.3) is 0 Å². The molecule has 2 aliphatic rings. The van der Waals surface area contributed by atoms with Gasteiger partial charge in [-0.3, -0.25) is 9.69 Å². The Morgan fingerprint density at radius 1 is 1.39 bits per heavy atom. The van der Waals surface area contributed by atoms with Gasteiger partial charge in [0, 0.05) is 5.75 Å². The first-order valence-corrected chi connectivity index (χ1v) is 8.28. The second-order valence-electron chi connectivity index (χ2n) is 5.49. The lowest BCUT2D eigenvalue weighted by Crippen LogP contribution is -2.68. The summed E-state index contributed by atoms with van der Waals surface area (Å²) in [6, 6.07) is 6.74. The number of hydrogen-bond donors (Lipinski definition) is 1. The van der Waals surface area contributed by atoms with Crippen LogP contribution in [0.1, 0.15) is 12.5 Å². The molecule has 122 valence electrons. The average Bonchev–Trinajstić information content (AvgIpc) is 2.59. The van der Waals surface area contributed by atoms with E-state index in [2.05, 4.69) is 0 Å². The summed E-state index contributed by atoms with van der Waals surface area (Å²) in [5, 5.41) is -0.158. The molecule has 0 aliphatic carbocycles. The van der Waals surface area contributed by atoms with E-state index < -0.39 is 12.0 Å². The van der Waals surface area contributed by atoms with E-state index in [1.807, 2.05) is 19.1 Å². The Bertz CT molecular complexity index is 671. The number of nitrogens with zero attached hydrogens (tertiary/aromatic N) is 1. The zero-order valence-corrected chi connectivity index (χ0v) is 13.8. The molecule has 7 heteroatoms. The second-order valence-corrected chi connectivity index (χ2v) is 6.59. The average molecular weight is 334 g/mol. The van der Waals surface area contributed by atoms with Gasteiger partial charge in [-0.05, 0) is 30.2 Å². The summed E-state index contributed by atoms with van der Waals surface area (Å²) in [5.74, 6) is 0.711. The largest absolute Gasteiger partial charge is 0.497 e. The zero-order valence-electron chi connectivity index (χ0n) is 12.9. The maximum atomic E-state index is 12.4. The summed E-state index contributed by atoms with van der Waals surface area (Å²) in [4.78, 5) is 25.8. The van der Waals surface area contributed by atoms with E-state index >= 15 is 0 Å². The number of benzene rings is 1. The molecular weight excluding hydrogens is 316 g/mol. The molecule has 1 amide bonds. The summed E-state index contributed by atoms with van der Waals surface area (Å²) >= 11 is 1.57. The molecule has 2 atom stereocenters. The van der Waals surface area contributed by atoms with E-state index in [1.54, 1.807) is 31.0 Å².